The van der Waals surface area contributed by atoms with Crippen molar-refractivity contribution in [3.63, 3.8) is 0 Å². The van der Waals surface area contributed by atoms with Gasteiger partial charge in [0.2, 0.25) is 0 Å². The number of hydrogen-bond acceptors (Lipinski definition) is 7. The van der Waals surface area contributed by atoms with Gasteiger partial charge in [0, 0.05) is 22.9 Å². The zero-order valence-corrected chi connectivity index (χ0v) is 17.7. The molecular weight excluding hydrogens is 429 g/mol. The molecule has 2 aromatic carbocycles. The Kier molecular flexibility index (Phi) is 5.96. The minimum absolute atomic E-state index is 0.192. The van der Waals surface area contributed by atoms with Crippen LogP contribution < -0.4 is 5.32 Å². The molecule has 4 rings (SSSR count). The number of carbonyl (C=O) groups excluding carboxylic acids is 1. The van der Waals surface area contributed by atoms with E-state index in [1.54, 1.807) is 34.8 Å². The van der Waals surface area contributed by atoms with E-state index in [1.165, 1.54) is 28.2 Å². The number of aromatic nitrogens is 3. The van der Waals surface area contributed by atoms with E-state index >= 15 is 0 Å². The predicted molar refractivity (Wildman–Crippen MR) is 118 cm³/mol. The summed E-state index contributed by atoms with van der Waals surface area (Å²) in [6, 6.07) is 17.5. The van der Waals surface area contributed by atoms with Crippen LogP contribution in [0.2, 0.25) is 0 Å². The monoisotopic (exact) mass is 442 g/mol. The van der Waals surface area contributed by atoms with Gasteiger partial charge in [-0.2, -0.15) is 0 Å². The summed E-state index contributed by atoms with van der Waals surface area (Å²) in [7, 11) is 0. The molecule has 0 bridgehead atoms. The molecule has 0 atom stereocenters. The third kappa shape index (κ3) is 4.56. The van der Waals surface area contributed by atoms with Gasteiger partial charge in [-0.3, -0.25) is 10.1 Å². The van der Waals surface area contributed by atoms with Gasteiger partial charge in [0.15, 0.2) is 13.4 Å². The van der Waals surface area contributed by atoms with E-state index in [2.05, 4.69) is 27.5 Å². The van der Waals surface area contributed by atoms with Gasteiger partial charge in [-0.1, -0.05) is 53.4 Å². The molecule has 0 radical (unpaired) electrons. The Balaban J connectivity index is 1.46. The second kappa shape index (κ2) is 8.78. The van der Waals surface area contributed by atoms with Gasteiger partial charge in [-0.15, -0.1) is 16.4 Å². The molecule has 9 heteroatoms. The lowest BCUT2D eigenvalue weighted by molar-refractivity contribution is 0.102. The first-order chi connectivity index (χ1) is 13.7. The molecule has 1 amide bonds. The van der Waals surface area contributed by atoms with E-state index in [1.807, 2.05) is 35.7 Å². The van der Waals surface area contributed by atoms with Gasteiger partial charge < -0.3 is 0 Å². The SMILES string of the molecule is O=C(Nc1nccs1)c1ccc(-n2nc(SCc3ccccc3)sc2=S)cc1. The van der Waals surface area contributed by atoms with Crippen LogP contribution in [0.4, 0.5) is 5.13 Å². The molecule has 0 saturated heterocycles. The number of benzene rings is 2. The van der Waals surface area contributed by atoms with Gasteiger partial charge in [0.25, 0.3) is 5.91 Å². The molecule has 5 nitrogen and oxygen atoms in total. The van der Waals surface area contributed by atoms with Gasteiger partial charge >= 0.3 is 0 Å². The fourth-order valence-electron chi connectivity index (χ4n) is 2.41. The molecule has 0 aliphatic carbocycles. The molecule has 2 heterocycles. The topological polar surface area (TPSA) is 59.8 Å². The molecule has 0 aliphatic heterocycles. The molecule has 28 heavy (non-hydrogen) atoms. The summed E-state index contributed by atoms with van der Waals surface area (Å²) >= 11 is 10.00. The number of thiazole rings is 1. The molecule has 1 N–H and O–H groups in total. The van der Waals surface area contributed by atoms with Crippen LogP contribution in [0.15, 0.2) is 70.5 Å². The predicted octanol–water partition coefficient (Wildman–Crippen LogP) is 5.66. The Labute approximate surface area is 179 Å². The molecule has 0 fully saturated rings. The lowest BCUT2D eigenvalue weighted by Gasteiger charge is -2.04. The Morgan fingerprint density at radius 3 is 2.64 bits per heavy atom. The quantitative estimate of drug-likeness (QED) is 0.308. The first kappa shape index (κ1) is 19.0. The Bertz CT molecular complexity index is 1120. The maximum Gasteiger partial charge on any atom is 0.257 e. The van der Waals surface area contributed by atoms with Crippen LogP contribution in [0.5, 0.6) is 0 Å². The number of nitrogens with zero attached hydrogens (tertiary/aromatic N) is 3. The van der Waals surface area contributed by atoms with Crippen molar-refractivity contribution < 1.29 is 4.79 Å². The summed E-state index contributed by atoms with van der Waals surface area (Å²) in [6.07, 6.45) is 1.65. The van der Waals surface area contributed by atoms with E-state index in [-0.39, 0.29) is 5.91 Å². The fourth-order valence-corrected chi connectivity index (χ4v) is 5.25. The maximum absolute atomic E-state index is 12.3. The van der Waals surface area contributed by atoms with Gasteiger partial charge in [-0.25, -0.2) is 9.67 Å². The van der Waals surface area contributed by atoms with Crippen LogP contribution in [0.25, 0.3) is 5.69 Å². The first-order valence-corrected chi connectivity index (χ1v) is 11.4. The fraction of sp³-hybridized carbons (Fsp3) is 0.0526. The van der Waals surface area contributed by atoms with E-state index in [0.29, 0.717) is 14.6 Å². The summed E-state index contributed by atoms with van der Waals surface area (Å²) in [6.45, 7) is 0. The summed E-state index contributed by atoms with van der Waals surface area (Å²) < 4.78 is 3.32. The van der Waals surface area contributed by atoms with Crippen LogP contribution in [-0.4, -0.2) is 20.7 Å². The lowest BCUT2D eigenvalue weighted by atomic mass is 10.2. The van der Waals surface area contributed by atoms with Crippen molar-refractivity contribution in [1.82, 2.24) is 14.8 Å². The molecule has 2 aromatic heterocycles. The normalized spacial score (nSPS) is 10.7. The van der Waals surface area contributed by atoms with Crippen molar-refractivity contribution in [2.45, 2.75) is 10.1 Å². The number of hydrogen-bond donors (Lipinski definition) is 1. The standard InChI is InChI=1S/C19H14N4OS4/c24-16(21-17-20-10-11-26-17)14-6-8-15(9-7-14)23-19(25)28-18(22-23)27-12-13-4-2-1-3-5-13/h1-11H,12H2,(H,20,21,24). The molecule has 140 valence electrons. The third-order valence-electron chi connectivity index (χ3n) is 3.76. The Hall–Kier alpha value is -2.33. The highest BCUT2D eigenvalue weighted by molar-refractivity contribution is 8.00. The highest BCUT2D eigenvalue weighted by Gasteiger charge is 2.10. The van der Waals surface area contributed by atoms with Crippen LogP contribution >= 0.6 is 46.7 Å². The Morgan fingerprint density at radius 1 is 1.14 bits per heavy atom. The lowest BCUT2D eigenvalue weighted by Crippen LogP contribution is -2.11. The molecular formula is C19H14N4OS4. The molecule has 0 unspecified atom stereocenters. The summed E-state index contributed by atoms with van der Waals surface area (Å²) in [5.74, 6) is 0.654. The van der Waals surface area contributed by atoms with Crippen molar-refractivity contribution in [3.8, 4) is 5.69 Å². The van der Waals surface area contributed by atoms with E-state index in [4.69, 9.17) is 12.2 Å². The van der Waals surface area contributed by atoms with Gasteiger partial charge in [0.05, 0.1) is 5.69 Å². The van der Waals surface area contributed by atoms with Crippen molar-refractivity contribution >= 4 is 57.7 Å². The van der Waals surface area contributed by atoms with Crippen molar-refractivity contribution in [2.75, 3.05) is 5.32 Å². The maximum atomic E-state index is 12.3. The van der Waals surface area contributed by atoms with Crippen molar-refractivity contribution in [1.29, 1.82) is 0 Å². The molecule has 0 aliphatic rings. The number of nitrogens with one attached hydrogen (secondary N) is 1. The van der Waals surface area contributed by atoms with Crippen LogP contribution in [0.3, 0.4) is 0 Å². The zero-order chi connectivity index (χ0) is 19.3. The smallest absolute Gasteiger partial charge is 0.257 e. The number of thioether (sulfide) groups is 1. The third-order valence-corrected chi connectivity index (χ3v) is 6.89. The summed E-state index contributed by atoms with van der Waals surface area (Å²) in [5, 5.41) is 9.78. The molecule has 4 aromatic rings. The number of amides is 1. The summed E-state index contributed by atoms with van der Waals surface area (Å²) in [5.41, 5.74) is 2.63. The average Bonchev–Trinajstić information content (AvgIpc) is 3.37. The van der Waals surface area contributed by atoms with Crippen molar-refractivity contribution in [2.24, 2.45) is 0 Å². The minimum atomic E-state index is -0.192. The van der Waals surface area contributed by atoms with Crippen LogP contribution in [-0.2, 0) is 5.75 Å². The number of anilines is 1. The van der Waals surface area contributed by atoms with E-state index < -0.39 is 0 Å². The summed E-state index contributed by atoms with van der Waals surface area (Å²) in [4.78, 5) is 16.3. The number of rotatable bonds is 6. The van der Waals surface area contributed by atoms with E-state index in [9.17, 15) is 4.79 Å². The van der Waals surface area contributed by atoms with Crippen molar-refractivity contribution in [3.05, 3.63) is 81.3 Å². The number of carbonyl (C=O) groups is 1. The Morgan fingerprint density at radius 2 is 1.93 bits per heavy atom. The zero-order valence-electron chi connectivity index (χ0n) is 14.4. The second-order valence-corrected chi connectivity index (χ2v) is 9.40. The largest absolute Gasteiger partial charge is 0.298 e. The first-order valence-electron chi connectivity index (χ1n) is 8.27. The molecule has 0 saturated carbocycles. The van der Waals surface area contributed by atoms with Gasteiger partial charge in [-0.05, 0) is 42.0 Å². The van der Waals surface area contributed by atoms with Crippen LogP contribution in [0.1, 0.15) is 15.9 Å². The highest BCUT2D eigenvalue weighted by Crippen LogP contribution is 2.27. The van der Waals surface area contributed by atoms with Gasteiger partial charge in [0.1, 0.15) is 0 Å². The van der Waals surface area contributed by atoms with Crippen LogP contribution in [0, 0.1) is 3.95 Å². The highest BCUT2D eigenvalue weighted by atomic mass is 32.2. The van der Waals surface area contributed by atoms with E-state index in [0.717, 1.165) is 15.8 Å². The molecule has 0 spiro atoms. The average molecular weight is 443 g/mol. The minimum Gasteiger partial charge on any atom is -0.298 e. The second-order valence-electron chi connectivity index (χ2n) is 5.66.